The van der Waals surface area contributed by atoms with Gasteiger partial charge in [-0.1, -0.05) is 30.9 Å². The van der Waals surface area contributed by atoms with Crippen LogP contribution in [-0.4, -0.2) is 0 Å². The van der Waals surface area contributed by atoms with E-state index in [2.05, 4.69) is 11.4 Å². The average molecular weight is 154 g/mol. The van der Waals surface area contributed by atoms with E-state index in [0.29, 0.717) is 0 Å². The molecule has 1 nitrogen and oxygen atoms in total. The first kappa shape index (κ1) is 7.16. The zero-order valence-electron chi connectivity index (χ0n) is 5.47. The van der Waals surface area contributed by atoms with Gasteiger partial charge in [-0.2, -0.15) is 0 Å². The molecule has 52 valence electrons. The number of nitrogens with one attached hydrogen (secondary N) is 1. The Labute approximate surface area is 65.4 Å². The van der Waals surface area contributed by atoms with Crippen LogP contribution in [-0.2, 0) is 0 Å². The van der Waals surface area contributed by atoms with Gasteiger partial charge < -0.3 is 0 Å². The molecule has 0 saturated heterocycles. The fraction of sp³-hybridized carbons (Fsp3) is 0. The van der Waals surface area contributed by atoms with Crippen LogP contribution in [0.3, 0.4) is 0 Å². The van der Waals surface area contributed by atoms with E-state index in [1.165, 1.54) is 0 Å². The number of benzene rings is 1. The van der Waals surface area contributed by atoms with Gasteiger partial charge in [0, 0.05) is 11.8 Å². The lowest BCUT2D eigenvalue weighted by atomic mass is 10.2. The summed E-state index contributed by atoms with van der Waals surface area (Å²) in [7, 11) is 0. The SMILES string of the molecule is C=Cc1ccccc1NCl. The highest BCUT2D eigenvalue weighted by molar-refractivity contribution is 6.24. The van der Waals surface area contributed by atoms with Crippen LogP contribution in [0.15, 0.2) is 30.8 Å². The molecule has 0 aliphatic heterocycles. The second-order valence-electron chi connectivity index (χ2n) is 1.89. The van der Waals surface area contributed by atoms with Gasteiger partial charge in [-0.25, -0.2) is 0 Å². The molecule has 0 aliphatic rings. The summed E-state index contributed by atoms with van der Waals surface area (Å²) in [6.07, 6.45) is 1.75. The van der Waals surface area contributed by atoms with Crippen LogP contribution in [0.2, 0.25) is 0 Å². The summed E-state index contributed by atoms with van der Waals surface area (Å²) >= 11 is 5.41. The first-order valence-electron chi connectivity index (χ1n) is 2.96. The van der Waals surface area contributed by atoms with Crippen molar-refractivity contribution in [3.63, 3.8) is 0 Å². The first-order chi connectivity index (χ1) is 4.88. The van der Waals surface area contributed by atoms with E-state index in [0.717, 1.165) is 11.3 Å². The molecule has 1 aromatic carbocycles. The van der Waals surface area contributed by atoms with E-state index < -0.39 is 0 Å². The van der Waals surface area contributed by atoms with Crippen LogP contribution in [0.25, 0.3) is 6.08 Å². The molecule has 2 heteroatoms. The van der Waals surface area contributed by atoms with Crippen LogP contribution >= 0.6 is 11.8 Å². The number of anilines is 1. The lowest BCUT2D eigenvalue weighted by Gasteiger charge is -2.00. The Balaban J connectivity index is 3.08. The van der Waals surface area contributed by atoms with E-state index in [1.807, 2.05) is 24.3 Å². The zero-order chi connectivity index (χ0) is 7.40. The highest BCUT2D eigenvalue weighted by Gasteiger charge is 1.92. The molecule has 0 bridgehead atoms. The molecule has 1 aromatic rings. The highest BCUT2D eigenvalue weighted by atomic mass is 35.5. The third kappa shape index (κ3) is 1.31. The molecule has 0 fully saturated rings. The van der Waals surface area contributed by atoms with Crippen LogP contribution in [0, 0.1) is 0 Å². The minimum Gasteiger partial charge on any atom is -0.298 e. The maximum atomic E-state index is 5.41. The van der Waals surface area contributed by atoms with E-state index in [4.69, 9.17) is 11.8 Å². The predicted molar refractivity (Wildman–Crippen MR) is 46.0 cm³/mol. The molecule has 0 aromatic heterocycles. The first-order valence-corrected chi connectivity index (χ1v) is 3.34. The van der Waals surface area contributed by atoms with Crippen molar-refractivity contribution in [2.24, 2.45) is 0 Å². The number of hydrogen-bond donors (Lipinski definition) is 1. The molecule has 0 spiro atoms. The molecule has 0 atom stereocenters. The maximum Gasteiger partial charge on any atom is 0.0563 e. The van der Waals surface area contributed by atoms with Crippen LogP contribution in [0.1, 0.15) is 5.56 Å². The summed E-state index contributed by atoms with van der Waals surface area (Å²) in [5, 5.41) is 0. The smallest absolute Gasteiger partial charge is 0.0563 e. The van der Waals surface area contributed by atoms with E-state index in [1.54, 1.807) is 6.08 Å². The predicted octanol–water partition coefficient (Wildman–Crippen LogP) is 2.90. The molecule has 0 saturated carbocycles. The van der Waals surface area contributed by atoms with Gasteiger partial charge >= 0.3 is 0 Å². The van der Waals surface area contributed by atoms with Crippen molar-refractivity contribution in [2.45, 2.75) is 0 Å². The summed E-state index contributed by atoms with van der Waals surface area (Å²) < 4.78 is 0. The minimum absolute atomic E-state index is 0.888. The third-order valence-corrected chi connectivity index (χ3v) is 1.49. The summed E-state index contributed by atoms with van der Waals surface area (Å²) in [5.74, 6) is 0. The topological polar surface area (TPSA) is 12.0 Å². The number of para-hydroxylation sites is 1. The lowest BCUT2D eigenvalue weighted by molar-refractivity contribution is 1.64. The Morgan fingerprint density at radius 3 is 2.60 bits per heavy atom. The molecule has 0 heterocycles. The Morgan fingerprint density at radius 1 is 1.40 bits per heavy atom. The van der Waals surface area contributed by atoms with Gasteiger partial charge in [-0.05, 0) is 11.6 Å². The van der Waals surface area contributed by atoms with Crippen molar-refractivity contribution >= 4 is 23.5 Å². The van der Waals surface area contributed by atoms with Crippen molar-refractivity contribution in [1.29, 1.82) is 0 Å². The van der Waals surface area contributed by atoms with E-state index >= 15 is 0 Å². The fourth-order valence-corrected chi connectivity index (χ4v) is 0.933. The second kappa shape index (κ2) is 3.28. The van der Waals surface area contributed by atoms with E-state index in [9.17, 15) is 0 Å². The number of rotatable bonds is 2. The summed E-state index contributed by atoms with van der Waals surface area (Å²) in [6, 6.07) is 7.69. The summed E-state index contributed by atoms with van der Waals surface area (Å²) in [4.78, 5) is 2.55. The maximum absolute atomic E-state index is 5.41. The van der Waals surface area contributed by atoms with Crippen molar-refractivity contribution < 1.29 is 0 Å². The largest absolute Gasteiger partial charge is 0.298 e. The standard InChI is InChI=1S/C8H8ClN/c1-2-7-5-3-4-6-8(7)10-9/h2-6,10H,1H2. The van der Waals surface area contributed by atoms with E-state index in [-0.39, 0.29) is 0 Å². The Hall–Kier alpha value is -0.950. The van der Waals surface area contributed by atoms with Gasteiger partial charge in [0.1, 0.15) is 0 Å². The van der Waals surface area contributed by atoms with Crippen molar-refractivity contribution in [3.05, 3.63) is 36.4 Å². The van der Waals surface area contributed by atoms with Crippen molar-refractivity contribution in [1.82, 2.24) is 0 Å². The normalized spacial score (nSPS) is 8.90. The summed E-state index contributed by atoms with van der Waals surface area (Å²) in [6.45, 7) is 3.64. The molecule has 0 aliphatic carbocycles. The minimum atomic E-state index is 0.888. The number of halogens is 1. The average Bonchev–Trinajstić information content (AvgIpc) is 2.04. The van der Waals surface area contributed by atoms with Gasteiger partial charge in [0.25, 0.3) is 0 Å². The zero-order valence-corrected chi connectivity index (χ0v) is 6.23. The Kier molecular flexibility index (Phi) is 2.35. The van der Waals surface area contributed by atoms with Crippen LogP contribution in [0.4, 0.5) is 5.69 Å². The molecule has 10 heavy (non-hydrogen) atoms. The van der Waals surface area contributed by atoms with Crippen molar-refractivity contribution in [2.75, 3.05) is 4.84 Å². The molecule has 0 amide bonds. The molecule has 0 radical (unpaired) electrons. The molecule has 1 N–H and O–H groups in total. The van der Waals surface area contributed by atoms with Gasteiger partial charge in [-0.3, -0.25) is 4.84 Å². The van der Waals surface area contributed by atoms with Gasteiger partial charge in [0.15, 0.2) is 0 Å². The molecular formula is C8H8ClN. The Morgan fingerprint density at radius 2 is 2.10 bits per heavy atom. The van der Waals surface area contributed by atoms with Crippen LogP contribution in [0.5, 0.6) is 0 Å². The quantitative estimate of drug-likeness (QED) is 0.645. The Bertz CT molecular complexity index is 232. The number of hydrogen-bond acceptors (Lipinski definition) is 1. The van der Waals surface area contributed by atoms with Crippen molar-refractivity contribution in [3.8, 4) is 0 Å². The fourth-order valence-electron chi connectivity index (χ4n) is 0.761. The molecule has 0 unspecified atom stereocenters. The highest BCUT2D eigenvalue weighted by Crippen LogP contribution is 2.15. The summed E-state index contributed by atoms with van der Waals surface area (Å²) in [5.41, 5.74) is 1.90. The molecular weight excluding hydrogens is 146 g/mol. The lowest BCUT2D eigenvalue weighted by Crippen LogP contribution is -1.82. The van der Waals surface area contributed by atoms with Crippen LogP contribution < -0.4 is 4.84 Å². The van der Waals surface area contributed by atoms with Gasteiger partial charge in [0.2, 0.25) is 0 Å². The molecule has 1 rings (SSSR count). The van der Waals surface area contributed by atoms with Gasteiger partial charge in [0.05, 0.1) is 5.69 Å². The van der Waals surface area contributed by atoms with Gasteiger partial charge in [-0.15, -0.1) is 0 Å². The second-order valence-corrected chi connectivity index (χ2v) is 2.07. The third-order valence-electron chi connectivity index (χ3n) is 1.28. The monoisotopic (exact) mass is 153 g/mol.